The number of carbonyl (C=O) groups is 3. The smallest absolute Gasteiger partial charge is 0.411 e. The Bertz CT molecular complexity index is 1000. The number of amides is 2. The van der Waals surface area contributed by atoms with Crippen LogP contribution in [0.3, 0.4) is 0 Å². The summed E-state index contributed by atoms with van der Waals surface area (Å²) in [5.74, 6) is -0.831. The first-order chi connectivity index (χ1) is 16.1. The molecule has 2 aromatic carbocycles. The third-order valence-corrected chi connectivity index (χ3v) is 5.71. The Kier molecular flexibility index (Phi) is 7.81. The van der Waals surface area contributed by atoms with Crippen LogP contribution in [0, 0.1) is 0 Å². The molecule has 2 aromatic rings. The van der Waals surface area contributed by atoms with Crippen molar-refractivity contribution in [3.63, 3.8) is 0 Å². The number of ether oxygens (including phenoxy) is 2. The van der Waals surface area contributed by atoms with E-state index in [0.29, 0.717) is 19.6 Å². The van der Waals surface area contributed by atoms with Gasteiger partial charge in [0.1, 0.15) is 18.2 Å². The SMILES string of the molecule is CC(C)(C)OC(=O)N1CCC[C@H]1C(=O)O.CNC(=O)OCC1c2ccccc2-c2ccccc21. The van der Waals surface area contributed by atoms with Crippen molar-refractivity contribution in [3.8, 4) is 11.1 Å². The van der Waals surface area contributed by atoms with Crippen LogP contribution in [0.1, 0.15) is 50.7 Å². The number of rotatable bonds is 3. The fourth-order valence-electron chi connectivity index (χ4n) is 4.23. The van der Waals surface area contributed by atoms with Crippen LogP contribution in [0.5, 0.6) is 0 Å². The van der Waals surface area contributed by atoms with Gasteiger partial charge in [-0.1, -0.05) is 48.5 Å². The molecular formula is C26H32N2O6. The van der Waals surface area contributed by atoms with Gasteiger partial charge in [-0.15, -0.1) is 0 Å². The number of carboxylic acid groups (broad SMARTS) is 1. The number of carboxylic acids is 1. The number of likely N-dealkylation sites (tertiary alicyclic amines) is 1. The summed E-state index contributed by atoms with van der Waals surface area (Å²) in [5.41, 5.74) is 4.36. The molecule has 4 rings (SSSR count). The second kappa shape index (κ2) is 10.6. The molecule has 1 saturated heterocycles. The van der Waals surface area contributed by atoms with E-state index < -0.39 is 23.7 Å². The maximum atomic E-state index is 11.6. The highest BCUT2D eigenvalue weighted by Gasteiger charge is 2.36. The Hall–Kier alpha value is -3.55. The first-order valence-electron chi connectivity index (χ1n) is 11.4. The third kappa shape index (κ3) is 5.87. The summed E-state index contributed by atoms with van der Waals surface area (Å²) in [5, 5.41) is 11.4. The summed E-state index contributed by atoms with van der Waals surface area (Å²) in [4.78, 5) is 35.0. The van der Waals surface area contributed by atoms with E-state index >= 15 is 0 Å². The number of nitrogens with one attached hydrogen (secondary N) is 1. The second-order valence-electron chi connectivity index (χ2n) is 9.25. The van der Waals surface area contributed by atoms with E-state index in [4.69, 9.17) is 14.6 Å². The quantitative estimate of drug-likeness (QED) is 0.681. The highest BCUT2D eigenvalue weighted by atomic mass is 16.6. The van der Waals surface area contributed by atoms with Crippen molar-refractivity contribution in [2.75, 3.05) is 20.2 Å². The number of carbonyl (C=O) groups excluding carboxylic acids is 2. The molecule has 1 heterocycles. The highest BCUT2D eigenvalue weighted by molar-refractivity contribution is 5.81. The van der Waals surface area contributed by atoms with E-state index in [2.05, 4.69) is 29.6 Å². The molecule has 0 saturated carbocycles. The van der Waals surface area contributed by atoms with Crippen LogP contribution in [-0.4, -0.2) is 60.0 Å². The van der Waals surface area contributed by atoms with Crippen molar-refractivity contribution in [1.82, 2.24) is 10.2 Å². The van der Waals surface area contributed by atoms with Crippen molar-refractivity contribution < 1.29 is 29.0 Å². The first-order valence-corrected chi connectivity index (χ1v) is 11.4. The lowest BCUT2D eigenvalue weighted by molar-refractivity contribution is -0.142. The summed E-state index contributed by atoms with van der Waals surface area (Å²) in [7, 11) is 1.57. The Balaban J connectivity index is 0.000000197. The number of nitrogens with zero attached hydrogens (tertiary/aromatic N) is 1. The van der Waals surface area contributed by atoms with Crippen molar-refractivity contribution in [2.45, 2.75) is 51.2 Å². The molecule has 1 fully saturated rings. The summed E-state index contributed by atoms with van der Waals surface area (Å²) in [6, 6.07) is 15.9. The molecule has 0 bridgehead atoms. The van der Waals surface area contributed by atoms with Crippen molar-refractivity contribution in [1.29, 1.82) is 0 Å². The molecule has 1 atom stereocenters. The molecule has 0 unspecified atom stereocenters. The molecule has 2 aliphatic rings. The largest absolute Gasteiger partial charge is 0.480 e. The summed E-state index contributed by atoms with van der Waals surface area (Å²) in [6.07, 6.45) is 0.305. The zero-order chi connectivity index (χ0) is 24.9. The number of fused-ring (bicyclic) bond motifs is 3. The average Bonchev–Trinajstić information content (AvgIpc) is 3.41. The second-order valence-corrected chi connectivity index (χ2v) is 9.25. The first kappa shape index (κ1) is 25.1. The zero-order valence-electron chi connectivity index (χ0n) is 20.0. The maximum Gasteiger partial charge on any atom is 0.411 e. The Morgan fingerprint density at radius 1 is 1.03 bits per heavy atom. The van der Waals surface area contributed by atoms with Crippen molar-refractivity contribution >= 4 is 18.2 Å². The molecule has 0 spiro atoms. The van der Waals surface area contributed by atoms with Gasteiger partial charge in [-0.2, -0.15) is 0 Å². The lowest BCUT2D eigenvalue weighted by atomic mass is 9.98. The molecule has 182 valence electrons. The maximum absolute atomic E-state index is 11.6. The molecule has 0 radical (unpaired) electrons. The van der Waals surface area contributed by atoms with Crippen LogP contribution in [0.2, 0.25) is 0 Å². The van der Waals surface area contributed by atoms with E-state index in [1.165, 1.54) is 27.2 Å². The van der Waals surface area contributed by atoms with Gasteiger partial charge in [-0.05, 0) is 55.9 Å². The fourth-order valence-corrected chi connectivity index (χ4v) is 4.23. The minimum atomic E-state index is -0.960. The van der Waals surface area contributed by atoms with E-state index in [-0.39, 0.29) is 12.0 Å². The Morgan fingerprint density at radius 2 is 1.59 bits per heavy atom. The number of alkyl carbamates (subject to hydrolysis) is 1. The van der Waals surface area contributed by atoms with Gasteiger partial charge < -0.3 is 19.9 Å². The molecule has 2 N–H and O–H groups in total. The highest BCUT2D eigenvalue weighted by Crippen LogP contribution is 2.44. The van der Waals surface area contributed by atoms with Gasteiger partial charge in [0, 0.05) is 19.5 Å². The molecule has 2 amide bonds. The predicted octanol–water partition coefficient (Wildman–Crippen LogP) is 4.63. The minimum Gasteiger partial charge on any atom is -0.480 e. The zero-order valence-corrected chi connectivity index (χ0v) is 20.0. The van der Waals surface area contributed by atoms with Gasteiger partial charge in [-0.25, -0.2) is 14.4 Å². The van der Waals surface area contributed by atoms with Crippen LogP contribution in [0.4, 0.5) is 9.59 Å². The molecule has 1 aliphatic carbocycles. The van der Waals surface area contributed by atoms with E-state index in [1.807, 2.05) is 24.3 Å². The van der Waals surface area contributed by atoms with E-state index in [0.717, 1.165) is 6.42 Å². The number of aliphatic carboxylic acids is 1. The van der Waals surface area contributed by atoms with Crippen LogP contribution < -0.4 is 5.32 Å². The van der Waals surface area contributed by atoms with E-state index in [9.17, 15) is 14.4 Å². The number of hydrogen-bond acceptors (Lipinski definition) is 5. The summed E-state index contributed by atoms with van der Waals surface area (Å²) >= 11 is 0. The van der Waals surface area contributed by atoms with Crippen LogP contribution in [0.15, 0.2) is 48.5 Å². The monoisotopic (exact) mass is 468 g/mol. The van der Waals surface area contributed by atoms with Gasteiger partial charge in [-0.3, -0.25) is 4.90 Å². The Labute approximate surface area is 199 Å². The summed E-state index contributed by atoms with van der Waals surface area (Å²) < 4.78 is 10.4. The van der Waals surface area contributed by atoms with Gasteiger partial charge in [0.05, 0.1) is 0 Å². The Morgan fingerprint density at radius 3 is 2.09 bits per heavy atom. The average molecular weight is 469 g/mol. The molecule has 8 nitrogen and oxygen atoms in total. The van der Waals surface area contributed by atoms with Crippen molar-refractivity contribution in [2.24, 2.45) is 0 Å². The number of benzene rings is 2. The van der Waals surface area contributed by atoms with Gasteiger partial charge >= 0.3 is 18.2 Å². The lowest BCUT2D eigenvalue weighted by Gasteiger charge is -2.26. The third-order valence-electron chi connectivity index (χ3n) is 5.71. The normalized spacial score (nSPS) is 16.6. The fraction of sp³-hybridized carbons (Fsp3) is 0.423. The van der Waals surface area contributed by atoms with Gasteiger partial charge in [0.2, 0.25) is 0 Å². The van der Waals surface area contributed by atoms with Crippen LogP contribution in [-0.2, 0) is 14.3 Å². The van der Waals surface area contributed by atoms with Crippen molar-refractivity contribution in [3.05, 3.63) is 59.7 Å². The molecule has 34 heavy (non-hydrogen) atoms. The standard InChI is InChI=1S/C16H15NO2.C10H17NO4/c1-17-16(18)19-10-15-13-8-4-2-6-11(13)12-7-3-5-9-14(12)15;1-10(2,3)15-9(14)11-6-4-5-7(11)8(12)13/h2-9,15H,10H2,1H3,(H,17,18);7H,4-6H2,1-3H3,(H,12,13)/t;7-/m.0/s1. The minimum absolute atomic E-state index is 0.129. The molecular weight excluding hydrogens is 436 g/mol. The van der Waals surface area contributed by atoms with Gasteiger partial charge in [0.15, 0.2) is 0 Å². The van der Waals surface area contributed by atoms with Gasteiger partial charge in [0.25, 0.3) is 0 Å². The van der Waals surface area contributed by atoms with Crippen LogP contribution in [0.25, 0.3) is 11.1 Å². The molecule has 1 aliphatic heterocycles. The molecule has 0 aromatic heterocycles. The lowest BCUT2D eigenvalue weighted by Crippen LogP contribution is -2.43. The van der Waals surface area contributed by atoms with E-state index in [1.54, 1.807) is 27.8 Å². The topological polar surface area (TPSA) is 105 Å². The summed E-state index contributed by atoms with van der Waals surface area (Å²) in [6.45, 7) is 6.11. The predicted molar refractivity (Wildman–Crippen MR) is 128 cm³/mol. The number of hydrogen-bond donors (Lipinski definition) is 2. The molecule has 8 heteroatoms. The van der Waals surface area contributed by atoms with Crippen LogP contribution >= 0.6 is 0 Å².